The van der Waals surface area contributed by atoms with Crippen molar-refractivity contribution in [3.8, 4) is 34.4 Å². The number of aryl methyl sites for hydroxylation is 1. The Kier molecular flexibility index (Phi) is 14.1. The number of carboxylic acids is 1. The summed E-state index contributed by atoms with van der Waals surface area (Å²) in [7, 11) is -2.85. The van der Waals surface area contributed by atoms with Crippen molar-refractivity contribution in [2.24, 2.45) is 0 Å². The molecule has 66 heavy (non-hydrogen) atoms. The highest BCUT2D eigenvalue weighted by Crippen LogP contribution is 2.42. The van der Waals surface area contributed by atoms with Crippen molar-refractivity contribution in [3.05, 3.63) is 152 Å². The number of nitriles is 1. The van der Waals surface area contributed by atoms with Gasteiger partial charge >= 0.3 is 5.97 Å². The summed E-state index contributed by atoms with van der Waals surface area (Å²) < 4.78 is 54.3. The van der Waals surface area contributed by atoms with Crippen molar-refractivity contribution in [1.82, 2.24) is 14.6 Å². The van der Waals surface area contributed by atoms with Crippen molar-refractivity contribution >= 4 is 61.6 Å². The molecule has 0 saturated heterocycles. The number of carboxylic acid groups (broad SMARTS) is 1. The Balaban J connectivity index is 1.02. The number of hydrogen-bond acceptors (Lipinski definition) is 12. The third kappa shape index (κ3) is 10.4. The number of ether oxygens (including phenoxy) is 4. The van der Waals surface area contributed by atoms with Gasteiger partial charge < -0.3 is 34.7 Å². The molecule has 0 saturated carbocycles. The molecule has 6 aromatic rings. The molecule has 8 rings (SSSR count). The molecule has 14 nitrogen and oxygen atoms in total. The van der Waals surface area contributed by atoms with E-state index in [2.05, 4.69) is 21.7 Å². The van der Waals surface area contributed by atoms with Gasteiger partial charge in [0.25, 0.3) is 10.0 Å². The molecule has 0 bridgehead atoms. The summed E-state index contributed by atoms with van der Waals surface area (Å²) >= 11 is 13.1. The molecule has 0 spiro atoms. The molecule has 3 atom stereocenters. The lowest BCUT2D eigenvalue weighted by Gasteiger charge is -2.36. The summed E-state index contributed by atoms with van der Waals surface area (Å²) in [5.74, 6) is -0.588. The number of nitrogens with one attached hydrogen (secondary N) is 2. The van der Waals surface area contributed by atoms with Crippen molar-refractivity contribution in [1.29, 1.82) is 5.26 Å². The molecular formula is C48H43Cl2N5O9S2. The first-order chi connectivity index (χ1) is 31.8. The summed E-state index contributed by atoms with van der Waals surface area (Å²) in [6.45, 7) is 2.60. The average Bonchev–Trinajstić information content (AvgIpc) is 3.71. The van der Waals surface area contributed by atoms with Crippen LogP contribution in [0.25, 0.3) is 11.1 Å². The van der Waals surface area contributed by atoms with E-state index in [1.807, 2.05) is 54.6 Å². The molecule has 18 heteroatoms. The largest absolute Gasteiger partial charge is 0.489 e. The van der Waals surface area contributed by atoms with Crippen molar-refractivity contribution < 1.29 is 42.1 Å². The second-order valence-electron chi connectivity index (χ2n) is 15.7. The van der Waals surface area contributed by atoms with Gasteiger partial charge in [-0.15, -0.1) is 0 Å². The predicted octanol–water partition coefficient (Wildman–Crippen LogP) is 8.37. The zero-order valence-corrected chi connectivity index (χ0v) is 38.8. The molecule has 0 unspecified atom stereocenters. The summed E-state index contributed by atoms with van der Waals surface area (Å²) in [4.78, 5) is 31.5. The number of aliphatic carboxylic acids is 1. The number of carbonyl (C=O) groups excluding carboxylic acids is 1. The SMILES string of the molecule is COCCNc1nc(C)c(S(=O)(=O)N2Cc3cc4c(cc3C[C@H]2C(=O)N[C@@H](Cc2ccc(-c3ccc(C#N)cc3)cc2)C(=O)O)OC[C@H](c2ccc(OCc3ccc(Cl)c(Cl)c3)cc2)O4)s1. The first-order valence-electron chi connectivity index (χ1n) is 20.8. The molecule has 0 radical (unpaired) electrons. The maximum atomic E-state index is 14.7. The molecule has 340 valence electrons. The molecule has 1 amide bonds. The van der Waals surface area contributed by atoms with Crippen LogP contribution >= 0.6 is 34.5 Å². The zero-order chi connectivity index (χ0) is 46.5. The van der Waals surface area contributed by atoms with Crippen LogP contribution in [0, 0.1) is 18.3 Å². The molecule has 5 aromatic carbocycles. The van der Waals surface area contributed by atoms with E-state index in [0.29, 0.717) is 74.4 Å². The van der Waals surface area contributed by atoms with Gasteiger partial charge in [0.2, 0.25) is 5.91 Å². The van der Waals surface area contributed by atoms with E-state index in [9.17, 15) is 23.1 Å². The molecule has 0 fully saturated rings. The quantitative estimate of drug-likeness (QED) is 0.0788. The highest BCUT2D eigenvalue weighted by molar-refractivity contribution is 7.91. The van der Waals surface area contributed by atoms with Gasteiger partial charge in [-0.1, -0.05) is 89.1 Å². The number of fused-ring (bicyclic) bond motifs is 2. The number of aromatic nitrogens is 1. The standard InChI is InChI=1S/C48H43Cl2N5O9S2/c1-28-47(65-48(53-28)52-17-18-61-2)66(59,60)55-25-36-23-43-42(63-27-44(64-43)34-12-14-37(15-13-34)62-26-31-7-16-38(49)39(50)19-31)22-35(36)21-41(55)45(56)54-40(46(57)58)20-29-3-8-32(9-4-29)33-10-5-30(24-51)6-11-33/h3-16,19,22-23,40-41,44H,17-18,20-21,25-27H2,1-2H3,(H,52,53)(H,54,56)(H,57,58)/t40-,41-,44+/m0/s1. The summed E-state index contributed by atoms with van der Waals surface area (Å²) in [6.07, 6.45) is -0.638. The third-order valence-corrected chi connectivity index (χ3v) is 15.5. The normalized spacial score (nSPS) is 16.1. The van der Waals surface area contributed by atoms with Gasteiger partial charge in [-0.2, -0.15) is 9.57 Å². The number of anilines is 1. The molecule has 2 aliphatic rings. The van der Waals surface area contributed by atoms with Crippen LogP contribution in [0.2, 0.25) is 10.0 Å². The second-order valence-corrected chi connectivity index (χ2v) is 19.6. The number of rotatable bonds is 16. The van der Waals surface area contributed by atoms with Crippen molar-refractivity contribution in [2.75, 3.05) is 32.2 Å². The lowest BCUT2D eigenvalue weighted by molar-refractivity contribution is -0.142. The molecule has 1 aromatic heterocycles. The Morgan fingerprint density at radius 1 is 0.955 bits per heavy atom. The second kappa shape index (κ2) is 20.1. The predicted molar refractivity (Wildman–Crippen MR) is 250 cm³/mol. The molecule has 3 heterocycles. The van der Waals surface area contributed by atoms with Crippen LogP contribution in [-0.4, -0.2) is 73.6 Å². The van der Waals surface area contributed by atoms with Crippen LogP contribution in [0.1, 0.15) is 45.2 Å². The van der Waals surface area contributed by atoms with Crippen LogP contribution in [0.3, 0.4) is 0 Å². The monoisotopic (exact) mass is 967 g/mol. The average molecular weight is 969 g/mol. The molecule has 2 aliphatic heterocycles. The van der Waals surface area contributed by atoms with E-state index in [-0.39, 0.29) is 35.9 Å². The van der Waals surface area contributed by atoms with Gasteiger partial charge in [-0.3, -0.25) is 4.79 Å². The van der Waals surface area contributed by atoms with E-state index < -0.39 is 40.1 Å². The van der Waals surface area contributed by atoms with Crippen LogP contribution < -0.4 is 24.8 Å². The van der Waals surface area contributed by atoms with Gasteiger partial charge in [0.05, 0.1) is 34.0 Å². The van der Waals surface area contributed by atoms with E-state index in [1.54, 1.807) is 62.6 Å². The maximum absolute atomic E-state index is 14.7. The van der Waals surface area contributed by atoms with E-state index in [4.69, 9.17) is 47.4 Å². The minimum Gasteiger partial charge on any atom is -0.489 e. The zero-order valence-electron chi connectivity index (χ0n) is 35.6. The fourth-order valence-corrected chi connectivity index (χ4v) is 11.1. The van der Waals surface area contributed by atoms with Crippen molar-refractivity contribution in [2.45, 2.75) is 55.3 Å². The molecular weight excluding hydrogens is 926 g/mol. The minimum absolute atomic E-state index is 0.0530. The number of hydrogen-bond donors (Lipinski definition) is 3. The van der Waals surface area contributed by atoms with Crippen LogP contribution in [0.15, 0.2) is 107 Å². The number of amides is 1. The fraction of sp³-hybridized carbons (Fsp3) is 0.250. The van der Waals surface area contributed by atoms with E-state index >= 15 is 0 Å². The Morgan fingerprint density at radius 3 is 2.33 bits per heavy atom. The van der Waals surface area contributed by atoms with E-state index in [0.717, 1.165) is 37.9 Å². The number of sulfonamides is 1. The van der Waals surface area contributed by atoms with Gasteiger partial charge in [0.15, 0.2) is 26.9 Å². The van der Waals surface area contributed by atoms with Crippen molar-refractivity contribution in [3.63, 3.8) is 0 Å². The first kappa shape index (κ1) is 46.3. The smallest absolute Gasteiger partial charge is 0.326 e. The lowest BCUT2D eigenvalue weighted by atomic mass is 9.94. The number of methoxy groups -OCH3 is 1. The highest BCUT2D eigenvalue weighted by atomic mass is 35.5. The Bertz CT molecular complexity index is 2910. The summed E-state index contributed by atoms with van der Waals surface area (Å²) in [5.41, 5.74) is 6.09. The Labute approximate surface area is 395 Å². The van der Waals surface area contributed by atoms with E-state index in [1.165, 1.54) is 0 Å². The van der Waals surface area contributed by atoms with Crippen LogP contribution in [-0.2, 0) is 50.3 Å². The number of thiazole rings is 1. The number of nitrogens with zero attached hydrogens (tertiary/aromatic N) is 3. The van der Waals surface area contributed by atoms with Gasteiger partial charge in [-0.05, 0) is 101 Å². The number of halogens is 2. The highest BCUT2D eigenvalue weighted by Gasteiger charge is 2.43. The van der Waals surface area contributed by atoms with Crippen LogP contribution in [0.4, 0.5) is 5.13 Å². The number of benzene rings is 5. The lowest BCUT2D eigenvalue weighted by Crippen LogP contribution is -2.55. The van der Waals surface area contributed by atoms with Gasteiger partial charge in [0, 0.05) is 26.6 Å². The maximum Gasteiger partial charge on any atom is 0.326 e. The molecule has 3 N–H and O–H groups in total. The Morgan fingerprint density at radius 2 is 1.65 bits per heavy atom. The fourth-order valence-electron chi connectivity index (χ4n) is 7.68. The Hall–Kier alpha value is -6.19. The topological polar surface area (TPSA) is 189 Å². The molecule has 0 aliphatic carbocycles. The minimum atomic E-state index is -4.40. The first-order valence-corrected chi connectivity index (χ1v) is 23.8. The third-order valence-electron chi connectivity index (χ3n) is 11.2. The summed E-state index contributed by atoms with van der Waals surface area (Å²) in [6, 6.07) is 29.9. The van der Waals surface area contributed by atoms with Gasteiger partial charge in [0.1, 0.15) is 31.0 Å². The van der Waals surface area contributed by atoms with Crippen LogP contribution in [0.5, 0.6) is 17.2 Å². The summed E-state index contributed by atoms with van der Waals surface area (Å²) in [5, 5.41) is 26.5. The van der Waals surface area contributed by atoms with Gasteiger partial charge in [-0.25, -0.2) is 18.2 Å². The number of carbonyl (C=O) groups is 2.